The van der Waals surface area contributed by atoms with E-state index in [0.717, 1.165) is 14.6 Å². The highest BCUT2D eigenvalue weighted by atomic mass is 32.2. The summed E-state index contributed by atoms with van der Waals surface area (Å²) in [5.41, 5.74) is 2.56. The number of hydrogen-bond acceptors (Lipinski definition) is 6. The molecule has 0 aliphatic rings. The number of aryl methyl sites for hydroxylation is 1. The standard InChI is InChI=1S/C16H12N2O3S2/c1-10-2-4-11(5-3-10)14(19)9-22-16-17-13-7-6-12(18(20)21)8-15(13)23-16/h2-8H,9H2,1H3. The van der Waals surface area contributed by atoms with Gasteiger partial charge in [-0.15, -0.1) is 11.3 Å². The van der Waals surface area contributed by atoms with Crippen LogP contribution in [-0.2, 0) is 0 Å². The van der Waals surface area contributed by atoms with Gasteiger partial charge in [0.05, 0.1) is 20.9 Å². The number of aromatic nitrogens is 1. The zero-order valence-corrected chi connectivity index (χ0v) is 13.8. The molecule has 7 heteroatoms. The number of nitro groups is 1. The minimum Gasteiger partial charge on any atom is -0.293 e. The average molecular weight is 344 g/mol. The van der Waals surface area contributed by atoms with Crippen molar-refractivity contribution in [1.82, 2.24) is 4.98 Å². The number of thioether (sulfide) groups is 1. The van der Waals surface area contributed by atoms with Crippen molar-refractivity contribution in [1.29, 1.82) is 0 Å². The number of hydrogen-bond donors (Lipinski definition) is 0. The Bertz CT molecular complexity index is 888. The lowest BCUT2D eigenvalue weighted by atomic mass is 10.1. The molecule has 116 valence electrons. The van der Waals surface area contributed by atoms with Crippen molar-refractivity contribution in [3.05, 3.63) is 63.7 Å². The highest BCUT2D eigenvalue weighted by molar-refractivity contribution is 8.01. The summed E-state index contributed by atoms with van der Waals surface area (Å²) in [7, 11) is 0. The molecule has 0 aliphatic carbocycles. The number of fused-ring (bicyclic) bond motifs is 1. The summed E-state index contributed by atoms with van der Waals surface area (Å²) >= 11 is 2.72. The summed E-state index contributed by atoms with van der Waals surface area (Å²) in [4.78, 5) is 26.9. The van der Waals surface area contributed by atoms with Crippen LogP contribution < -0.4 is 0 Å². The van der Waals surface area contributed by atoms with Crippen molar-refractivity contribution in [3.63, 3.8) is 0 Å². The first-order valence-corrected chi connectivity index (χ1v) is 8.61. The van der Waals surface area contributed by atoms with Crippen molar-refractivity contribution in [2.45, 2.75) is 11.3 Å². The zero-order valence-electron chi connectivity index (χ0n) is 12.2. The Balaban J connectivity index is 1.72. The van der Waals surface area contributed by atoms with Gasteiger partial charge in [-0.05, 0) is 13.0 Å². The number of Topliss-reactive ketones (excluding diaryl/α,β-unsaturated/α-hetero) is 1. The van der Waals surface area contributed by atoms with E-state index in [0.29, 0.717) is 16.8 Å². The molecule has 2 aromatic carbocycles. The Morgan fingerprint density at radius 3 is 2.70 bits per heavy atom. The monoisotopic (exact) mass is 344 g/mol. The van der Waals surface area contributed by atoms with Crippen LogP contribution in [0.3, 0.4) is 0 Å². The SMILES string of the molecule is Cc1ccc(C(=O)CSc2nc3ccc([N+](=O)[O-])cc3s2)cc1. The Morgan fingerprint density at radius 1 is 1.26 bits per heavy atom. The predicted octanol–water partition coefficient (Wildman–Crippen LogP) is 4.49. The molecule has 0 aliphatic heterocycles. The highest BCUT2D eigenvalue weighted by Gasteiger charge is 2.12. The van der Waals surface area contributed by atoms with Crippen LogP contribution in [0.25, 0.3) is 10.2 Å². The molecule has 0 saturated carbocycles. The summed E-state index contributed by atoms with van der Waals surface area (Å²) in [6.07, 6.45) is 0. The lowest BCUT2D eigenvalue weighted by molar-refractivity contribution is -0.384. The second-order valence-corrected chi connectivity index (χ2v) is 7.22. The third-order valence-corrected chi connectivity index (χ3v) is 5.42. The quantitative estimate of drug-likeness (QED) is 0.295. The summed E-state index contributed by atoms with van der Waals surface area (Å²) < 4.78 is 1.49. The van der Waals surface area contributed by atoms with Crippen LogP contribution >= 0.6 is 23.1 Å². The fourth-order valence-electron chi connectivity index (χ4n) is 2.02. The van der Waals surface area contributed by atoms with E-state index in [1.165, 1.54) is 35.2 Å². The van der Waals surface area contributed by atoms with Crippen molar-refractivity contribution in [3.8, 4) is 0 Å². The van der Waals surface area contributed by atoms with Gasteiger partial charge in [0.2, 0.25) is 0 Å². The van der Waals surface area contributed by atoms with Gasteiger partial charge in [-0.3, -0.25) is 14.9 Å². The average Bonchev–Trinajstić information content (AvgIpc) is 2.95. The maximum Gasteiger partial charge on any atom is 0.270 e. The molecule has 0 atom stereocenters. The maximum absolute atomic E-state index is 12.2. The lowest BCUT2D eigenvalue weighted by Gasteiger charge is -1.99. The predicted molar refractivity (Wildman–Crippen MR) is 92.5 cm³/mol. The maximum atomic E-state index is 12.2. The number of rotatable bonds is 5. The zero-order chi connectivity index (χ0) is 16.4. The molecule has 5 nitrogen and oxygen atoms in total. The van der Waals surface area contributed by atoms with Crippen molar-refractivity contribution >= 4 is 44.8 Å². The van der Waals surface area contributed by atoms with Crippen LogP contribution in [0.5, 0.6) is 0 Å². The van der Waals surface area contributed by atoms with Gasteiger partial charge in [0.15, 0.2) is 10.1 Å². The summed E-state index contributed by atoms with van der Waals surface area (Å²) in [6.45, 7) is 1.98. The number of benzene rings is 2. The van der Waals surface area contributed by atoms with E-state index in [4.69, 9.17) is 0 Å². The Kier molecular flexibility index (Phi) is 4.40. The largest absolute Gasteiger partial charge is 0.293 e. The number of nitrogens with zero attached hydrogens (tertiary/aromatic N) is 2. The number of carbonyl (C=O) groups excluding carboxylic acids is 1. The molecule has 0 bridgehead atoms. The Labute approximate surface area is 140 Å². The van der Waals surface area contributed by atoms with Crippen LogP contribution in [0.1, 0.15) is 15.9 Å². The van der Waals surface area contributed by atoms with E-state index in [2.05, 4.69) is 4.98 Å². The van der Waals surface area contributed by atoms with Gasteiger partial charge in [0, 0.05) is 17.7 Å². The van der Waals surface area contributed by atoms with Crippen LogP contribution in [0.15, 0.2) is 46.8 Å². The fraction of sp³-hybridized carbons (Fsp3) is 0.125. The van der Waals surface area contributed by atoms with Gasteiger partial charge >= 0.3 is 0 Å². The fourth-order valence-corrected chi connectivity index (χ4v) is 4.01. The normalized spacial score (nSPS) is 10.8. The molecule has 1 heterocycles. The first-order valence-electron chi connectivity index (χ1n) is 6.80. The summed E-state index contributed by atoms with van der Waals surface area (Å²) in [5.74, 6) is 0.338. The Morgan fingerprint density at radius 2 is 2.00 bits per heavy atom. The van der Waals surface area contributed by atoms with Gasteiger partial charge in [-0.25, -0.2) is 4.98 Å². The molecule has 1 aromatic heterocycles. The molecular weight excluding hydrogens is 332 g/mol. The van der Waals surface area contributed by atoms with Gasteiger partial charge in [-0.1, -0.05) is 41.6 Å². The third kappa shape index (κ3) is 3.57. The smallest absolute Gasteiger partial charge is 0.270 e. The van der Waals surface area contributed by atoms with E-state index >= 15 is 0 Å². The molecule has 23 heavy (non-hydrogen) atoms. The van der Waals surface area contributed by atoms with E-state index in [1.807, 2.05) is 31.2 Å². The number of carbonyl (C=O) groups is 1. The van der Waals surface area contributed by atoms with Gasteiger partial charge < -0.3 is 0 Å². The van der Waals surface area contributed by atoms with Crippen LogP contribution in [0.2, 0.25) is 0 Å². The van der Waals surface area contributed by atoms with E-state index in [9.17, 15) is 14.9 Å². The minimum atomic E-state index is -0.424. The number of non-ortho nitro benzene ring substituents is 1. The minimum absolute atomic E-state index is 0.0419. The van der Waals surface area contributed by atoms with Crippen LogP contribution in [-0.4, -0.2) is 21.4 Å². The highest BCUT2D eigenvalue weighted by Crippen LogP contribution is 2.32. The first kappa shape index (κ1) is 15.6. The molecule has 0 N–H and O–H groups in total. The molecule has 0 fully saturated rings. The van der Waals surface area contributed by atoms with Crippen LogP contribution in [0, 0.1) is 17.0 Å². The molecule has 3 rings (SSSR count). The van der Waals surface area contributed by atoms with Crippen LogP contribution in [0.4, 0.5) is 5.69 Å². The number of ketones is 1. The Hall–Kier alpha value is -2.25. The molecule has 0 radical (unpaired) electrons. The van der Waals surface area contributed by atoms with E-state index in [1.54, 1.807) is 6.07 Å². The second-order valence-electron chi connectivity index (χ2n) is 4.97. The second kappa shape index (κ2) is 6.47. The number of thiazole rings is 1. The molecule has 0 saturated heterocycles. The number of nitro benzene ring substituents is 1. The van der Waals surface area contributed by atoms with E-state index in [-0.39, 0.29) is 11.5 Å². The van der Waals surface area contributed by atoms with Gasteiger partial charge in [0.1, 0.15) is 0 Å². The van der Waals surface area contributed by atoms with Crippen molar-refractivity contribution in [2.24, 2.45) is 0 Å². The van der Waals surface area contributed by atoms with Crippen molar-refractivity contribution < 1.29 is 9.72 Å². The van der Waals surface area contributed by atoms with Gasteiger partial charge in [0.25, 0.3) is 5.69 Å². The molecule has 0 unspecified atom stereocenters. The summed E-state index contributed by atoms with van der Waals surface area (Å²) in [5, 5.41) is 10.8. The molecule has 0 amide bonds. The van der Waals surface area contributed by atoms with E-state index < -0.39 is 4.92 Å². The topological polar surface area (TPSA) is 73.1 Å². The molecule has 0 spiro atoms. The molecular formula is C16H12N2O3S2. The third-order valence-electron chi connectivity index (χ3n) is 3.26. The lowest BCUT2D eigenvalue weighted by Crippen LogP contribution is -2.01. The molecule has 3 aromatic rings. The first-order chi connectivity index (χ1) is 11.0. The van der Waals surface area contributed by atoms with Gasteiger partial charge in [-0.2, -0.15) is 0 Å². The van der Waals surface area contributed by atoms with Crippen molar-refractivity contribution in [2.75, 3.05) is 5.75 Å². The summed E-state index contributed by atoms with van der Waals surface area (Å²) in [6, 6.07) is 12.0.